The molecule has 1 fully saturated rings. The average molecular weight is 209 g/mol. The van der Waals surface area contributed by atoms with Crippen molar-refractivity contribution in [2.75, 3.05) is 18.4 Å². The Morgan fingerprint density at radius 1 is 1.60 bits per heavy atom. The second kappa shape index (κ2) is 4.02. The van der Waals surface area contributed by atoms with E-state index in [0.29, 0.717) is 18.2 Å². The topological polar surface area (TPSA) is 67.2 Å². The molecular weight excluding hydrogens is 194 g/mol. The van der Waals surface area contributed by atoms with Crippen LogP contribution in [0.25, 0.3) is 0 Å². The third-order valence-electron chi connectivity index (χ3n) is 2.75. The number of carbonyl (C=O) groups excluding carboxylic acids is 1. The Balaban J connectivity index is 1.90. The van der Waals surface area contributed by atoms with E-state index in [-0.39, 0.29) is 5.91 Å². The van der Waals surface area contributed by atoms with E-state index in [1.54, 1.807) is 0 Å². The standard InChI is InChI=1S/C10H15N3O2/c1-6-7(2)13-15-10(6)12-9(14)3-8-4-11-5-8/h8,11H,3-5H2,1-2H3,(H,12,14). The molecule has 2 N–H and O–H groups in total. The minimum atomic E-state index is 0.000694. The Labute approximate surface area is 88.2 Å². The van der Waals surface area contributed by atoms with E-state index in [4.69, 9.17) is 4.52 Å². The minimum Gasteiger partial charge on any atom is -0.338 e. The maximum absolute atomic E-state index is 11.6. The number of nitrogens with zero attached hydrogens (tertiary/aromatic N) is 1. The first kappa shape index (κ1) is 10.2. The Morgan fingerprint density at radius 3 is 2.80 bits per heavy atom. The third-order valence-corrected chi connectivity index (χ3v) is 2.75. The lowest BCUT2D eigenvalue weighted by Crippen LogP contribution is -2.43. The Kier molecular flexibility index (Phi) is 2.73. The molecule has 1 aliphatic rings. The van der Waals surface area contributed by atoms with Crippen molar-refractivity contribution in [2.45, 2.75) is 20.3 Å². The van der Waals surface area contributed by atoms with Crippen molar-refractivity contribution in [3.63, 3.8) is 0 Å². The molecule has 1 aliphatic heterocycles. The lowest BCUT2D eigenvalue weighted by molar-refractivity contribution is -0.117. The number of nitrogens with one attached hydrogen (secondary N) is 2. The number of anilines is 1. The number of carbonyl (C=O) groups is 1. The second-order valence-electron chi connectivity index (χ2n) is 4.00. The number of hydrogen-bond acceptors (Lipinski definition) is 4. The summed E-state index contributed by atoms with van der Waals surface area (Å²) in [5.41, 5.74) is 1.71. The van der Waals surface area contributed by atoms with E-state index in [9.17, 15) is 4.79 Å². The van der Waals surface area contributed by atoms with Crippen molar-refractivity contribution in [3.8, 4) is 0 Å². The summed E-state index contributed by atoms with van der Waals surface area (Å²) in [5.74, 6) is 0.944. The van der Waals surface area contributed by atoms with Gasteiger partial charge in [0.2, 0.25) is 11.8 Å². The highest BCUT2D eigenvalue weighted by molar-refractivity contribution is 5.90. The molecule has 0 spiro atoms. The molecule has 0 saturated carbocycles. The number of amides is 1. The average Bonchev–Trinajstić information content (AvgIpc) is 2.43. The summed E-state index contributed by atoms with van der Waals surface area (Å²) in [6.45, 7) is 5.60. The Hall–Kier alpha value is -1.36. The van der Waals surface area contributed by atoms with Gasteiger partial charge < -0.3 is 9.84 Å². The molecule has 0 aromatic carbocycles. The van der Waals surface area contributed by atoms with Crippen LogP contribution in [-0.2, 0) is 4.79 Å². The summed E-state index contributed by atoms with van der Waals surface area (Å²) in [6, 6.07) is 0. The molecule has 0 radical (unpaired) electrons. The fourth-order valence-electron chi connectivity index (χ4n) is 1.46. The monoisotopic (exact) mass is 209 g/mol. The van der Waals surface area contributed by atoms with Crippen LogP contribution in [0.5, 0.6) is 0 Å². The van der Waals surface area contributed by atoms with Crippen LogP contribution in [0.4, 0.5) is 5.88 Å². The van der Waals surface area contributed by atoms with Crippen molar-refractivity contribution in [1.82, 2.24) is 10.5 Å². The predicted molar refractivity (Wildman–Crippen MR) is 55.6 cm³/mol. The summed E-state index contributed by atoms with van der Waals surface area (Å²) < 4.78 is 5.00. The summed E-state index contributed by atoms with van der Waals surface area (Å²) in [4.78, 5) is 11.6. The Bertz CT molecular complexity index is 369. The summed E-state index contributed by atoms with van der Waals surface area (Å²) in [5, 5.41) is 9.64. The normalized spacial score (nSPS) is 16.1. The van der Waals surface area contributed by atoms with Crippen LogP contribution in [0.3, 0.4) is 0 Å². The van der Waals surface area contributed by atoms with E-state index < -0.39 is 0 Å². The molecule has 0 aliphatic carbocycles. The molecule has 0 bridgehead atoms. The van der Waals surface area contributed by atoms with Crippen molar-refractivity contribution >= 4 is 11.8 Å². The van der Waals surface area contributed by atoms with Gasteiger partial charge in [0, 0.05) is 12.0 Å². The van der Waals surface area contributed by atoms with Gasteiger partial charge in [0.05, 0.1) is 5.69 Å². The van der Waals surface area contributed by atoms with Crippen LogP contribution in [0.2, 0.25) is 0 Å². The molecule has 1 saturated heterocycles. The lowest BCUT2D eigenvalue weighted by Gasteiger charge is -2.26. The minimum absolute atomic E-state index is 0.000694. The highest BCUT2D eigenvalue weighted by Gasteiger charge is 2.21. The number of aromatic nitrogens is 1. The van der Waals surface area contributed by atoms with Crippen LogP contribution in [0.1, 0.15) is 17.7 Å². The zero-order valence-electron chi connectivity index (χ0n) is 8.96. The van der Waals surface area contributed by atoms with E-state index >= 15 is 0 Å². The molecule has 0 unspecified atom stereocenters. The van der Waals surface area contributed by atoms with Gasteiger partial charge in [0.1, 0.15) is 0 Å². The zero-order valence-corrected chi connectivity index (χ0v) is 8.96. The van der Waals surface area contributed by atoms with Gasteiger partial charge in [-0.15, -0.1) is 0 Å². The SMILES string of the molecule is Cc1noc(NC(=O)CC2CNC2)c1C. The van der Waals surface area contributed by atoms with Crippen LogP contribution in [0, 0.1) is 19.8 Å². The van der Waals surface area contributed by atoms with E-state index in [0.717, 1.165) is 24.3 Å². The van der Waals surface area contributed by atoms with E-state index in [1.807, 2.05) is 13.8 Å². The van der Waals surface area contributed by atoms with Gasteiger partial charge in [-0.2, -0.15) is 0 Å². The van der Waals surface area contributed by atoms with Crippen LogP contribution in [0.15, 0.2) is 4.52 Å². The van der Waals surface area contributed by atoms with Gasteiger partial charge in [-0.3, -0.25) is 10.1 Å². The van der Waals surface area contributed by atoms with Gasteiger partial charge in [-0.05, 0) is 32.9 Å². The van der Waals surface area contributed by atoms with Gasteiger partial charge in [0.15, 0.2) is 0 Å². The maximum atomic E-state index is 11.6. The fourth-order valence-corrected chi connectivity index (χ4v) is 1.46. The van der Waals surface area contributed by atoms with Gasteiger partial charge in [0.25, 0.3) is 0 Å². The highest BCUT2D eigenvalue weighted by atomic mass is 16.5. The van der Waals surface area contributed by atoms with Gasteiger partial charge in [-0.25, -0.2) is 0 Å². The number of rotatable bonds is 3. The van der Waals surface area contributed by atoms with Crippen LogP contribution in [-0.4, -0.2) is 24.2 Å². The first-order chi connectivity index (χ1) is 7.16. The molecule has 2 rings (SSSR count). The Morgan fingerprint density at radius 2 is 2.33 bits per heavy atom. The molecular formula is C10H15N3O2. The van der Waals surface area contributed by atoms with Crippen molar-refractivity contribution in [2.24, 2.45) is 5.92 Å². The summed E-state index contributed by atoms with van der Waals surface area (Å²) in [6.07, 6.45) is 0.548. The molecule has 2 heterocycles. The molecule has 5 nitrogen and oxygen atoms in total. The molecule has 1 amide bonds. The number of aryl methyl sites for hydroxylation is 1. The summed E-state index contributed by atoms with van der Waals surface area (Å²) >= 11 is 0. The van der Waals surface area contributed by atoms with Crippen molar-refractivity contribution < 1.29 is 9.32 Å². The van der Waals surface area contributed by atoms with Crippen LogP contribution < -0.4 is 10.6 Å². The number of hydrogen-bond donors (Lipinski definition) is 2. The fraction of sp³-hybridized carbons (Fsp3) is 0.600. The third kappa shape index (κ3) is 2.18. The van der Waals surface area contributed by atoms with Crippen molar-refractivity contribution in [3.05, 3.63) is 11.3 Å². The first-order valence-corrected chi connectivity index (χ1v) is 5.10. The van der Waals surface area contributed by atoms with Gasteiger partial charge in [-0.1, -0.05) is 5.16 Å². The molecule has 1 aromatic rings. The predicted octanol–water partition coefficient (Wildman–Crippen LogP) is 0.839. The second-order valence-corrected chi connectivity index (χ2v) is 4.00. The molecule has 5 heteroatoms. The van der Waals surface area contributed by atoms with Crippen molar-refractivity contribution in [1.29, 1.82) is 0 Å². The quantitative estimate of drug-likeness (QED) is 0.774. The smallest absolute Gasteiger partial charge is 0.234 e. The zero-order chi connectivity index (χ0) is 10.8. The molecule has 82 valence electrons. The van der Waals surface area contributed by atoms with E-state index in [1.165, 1.54) is 0 Å². The maximum Gasteiger partial charge on any atom is 0.234 e. The lowest BCUT2D eigenvalue weighted by atomic mass is 9.99. The first-order valence-electron chi connectivity index (χ1n) is 5.10. The molecule has 15 heavy (non-hydrogen) atoms. The van der Waals surface area contributed by atoms with E-state index in [2.05, 4.69) is 15.8 Å². The summed E-state index contributed by atoms with van der Waals surface area (Å²) in [7, 11) is 0. The highest BCUT2D eigenvalue weighted by Crippen LogP contribution is 2.18. The van der Waals surface area contributed by atoms with Gasteiger partial charge >= 0.3 is 0 Å². The van der Waals surface area contributed by atoms with Crippen LogP contribution >= 0.6 is 0 Å². The largest absolute Gasteiger partial charge is 0.338 e. The molecule has 1 aromatic heterocycles. The molecule has 0 atom stereocenters.